The molecule has 0 radical (unpaired) electrons. The fourth-order valence-corrected chi connectivity index (χ4v) is 7.72. The number of carboxylic acid groups (broad SMARTS) is 1. The molecule has 10 heteroatoms. The van der Waals surface area contributed by atoms with Crippen LogP contribution in [0, 0.1) is 0 Å². The summed E-state index contributed by atoms with van der Waals surface area (Å²) in [5.74, 6) is -0.281. The second-order valence-electron chi connectivity index (χ2n) is 13.9. The van der Waals surface area contributed by atoms with E-state index < -0.39 is 5.97 Å². The van der Waals surface area contributed by atoms with E-state index in [1.54, 1.807) is 21.3 Å². The number of hydrogen-bond acceptors (Lipinski definition) is 9. The molecule has 0 amide bonds. The number of rotatable bonds is 22. The van der Waals surface area contributed by atoms with E-state index in [4.69, 9.17) is 28.4 Å². The minimum absolute atomic E-state index is 0.0146. The molecule has 0 heterocycles. The van der Waals surface area contributed by atoms with Crippen LogP contribution in [0.1, 0.15) is 86.3 Å². The summed E-state index contributed by atoms with van der Waals surface area (Å²) in [6, 6.07) is 36.2. The third kappa shape index (κ3) is 18.1. The zero-order valence-corrected chi connectivity index (χ0v) is 35.8. The fourth-order valence-electron chi connectivity index (χ4n) is 5.61. The zero-order chi connectivity index (χ0) is 41.1. The Bertz CT molecular complexity index is 1440. The highest BCUT2D eigenvalue weighted by Crippen LogP contribution is 2.32. The zero-order valence-electron chi connectivity index (χ0n) is 35.0. The molecule has 0 saturated carbocycles. The Hall–Kier alpha value is -3.58. The van der Waals surface area contributed by atoms with E-state index in [1.165, 1.54) is 20.2 Å². The quantitative estimate of drug-likeness (QED) is 0.0442. The Labute approximate surface area is 339 Å². The molecule has 0 aliphatic heterocycles. The summed E-state index contributed by atoms with van der Waals surface area (Å²) in [5.41, 5.74) is 3.38. The van der Waals surface area contributed by atoms with Crippen molar-refractivity contribution in [2.75, 3.05) is 81.2 Å². The van der Waals surface area contributed by atoms with Gasteiger partial charge in [-0.2, -0.15) is 0 Å². The van der Waals surface area contributed by atoms with Crippen molar-refractivity contribution in [1.82, 2.24) is 4.90 Å². The lowest BCUT2D eigenvalue weighted by Crippen LogP contribution is -2.34. The monoisotopic (exact) mass is 791 g/mol. The van der Waals surface area contributed by atoms with Crippen LogP contribution < -0.4 is 5.11 Å². The van der Waals surface area contributed by atoms with E-state index in [9.17, 15) is 9.90 Å². The van der Waals surface area contributed by atoms with Crippen molar-refractivity contribution in [3.05, 3.63) is 125 Å². The summed E-state index contributed by atoms with van der Waals surface area (Å²) in [6.07, 6.45) is 0. The number of carbonyl (C=O) groups is 1. The number of nitrogens with zero attached hydrogens (tertiary/aromatic N) is 1. The highest BCUT2D eigenvalue weighted by molar-refractivity contribution is 7.97. The maximum Gasteiger partial charge on any atom is 0.166 e. The van der Waals surface area contributed by atoms with Gasteiger partial charge in [-0.05, 0) is 70.8 Å². The molecule has 0 aliphatic carbocycles. The molecule has 0 bridgehead atoms. The number of aromatic carboxylic acids is 1. The normalized spacial score (nSPS) is 11.2. The van der Waals surface area contributed by atoms with Crippen LogP contribution in [0.2, 0.25) is 0 Å². The average molecular weight is 792 g/mol. The van der Waals surface area contributed by atoms with E-state index in [0.29, 0.717) is 51.7 Å². The van der Waals surface area contributed by atoms with Gasteiger partial charge >= 0.3 is 0 Å². The van der Waals surface area contributed by atoms with Crippen LogP contribution in [-0.4, -0.2) is 92.0 Å². The standard InChI is InChI=1S/C18H15S.C16H24O2.C12H27NO6/c1-4-10-16(11-5-1)19(17-12-6-2-7-13-17)18-14-8-3-9-15-18;1-9(2)12-7-13(10(3)4)15(16(17)18)14(8-12)11(5)6;1-14-10-17-7-4-13(5-8-18-11-15-2)6-9-19-12-16-3/h1-15H;7-11H,1-6H3,(H,17,18);4-12H2,1-3H3/q+1;;/p-1. The first-order valence-corrected chi connectivity index (χ1v) is 20.5. The van der Waals surface area contributed by atoms with Gasteiger partial charge in [0.15, 0.2) is 14.7 Å². The Balaban J connectivity index is 0.000000290. The first-order valence-electron chi connectivity index (χ1n) is 19.3. The summed E-state index contributed by atoms with van der Waals surface area (Å²) in [5, 5.41) is 11.4. The minimum Gasteiger partial charge on any atom is -0.545 e. The largest absolute Gasteiger partial charge is 0.545 e. The van der Waals surface area contributed by atoms with Crippen molar-refractivity contribution >= 4 is 16.9 Å². The third-order valence-electron chi connectivity index (χ3n) is 8.53. The van der Waals surface area contributed by atoms with Crippen LogP contribution in [0.4, 0.5) is 0 Å². The highest BCUT2D eigenvalue weighted by atomic mass is 32.2. The topological polar surface area (TPSA) is 98.8 Å². The van der Waals surface area contributed by atoms with Crippen LogP contribution >= 0.6 is 0 Å². The first kappa shape index (κ1) is 48.6. The van der Waals surface area contributed by atoms with Crippen LogP contribution in [0.3, 0.4) is 0 Å². The van der Waals surface area contributed by atoms with Gasteiger partial charge < -0.3 is 38.3 Å². The summed E-state index contributed by atoms with van der Waals surface area (Å²) >= 11 is 0. The molecule has 0 saturated heterocycles. The number of ether oxygens (including phenoxy) is 6. The van der Waals surface area contributed by atoms with Gasteiger partial charge in [-0.25, -0.2) is 0 Å². The number of carboxylic acids is 1. The molecule has 9 nitrogen and oxygen atoms in total. The van der Waals surface area contributed by atoms with Gasteiger partial charge in [0.05, 0.1) is 36.7 Å². The number of benzene rings is 4. The van der Waals surface area contributed by atoms with Crippen molar-refractivity contribution in [2.24, 2.45) is 0 Å². The Morgan fingerprint density at radius 3 is 1.12 bits per heavy atom. The molecule has 0 aromatic heterocycles. The second kappa shape index (κ2) is 28.8. The molecule has 0 fully saturated rings. The van der Waals surface area contributed by atoms with Crippen LogP contribution in [-0.2, 0) is 39.3 Å². The molecule has 56 heavy (non-hydrogen) atoms. The summed E-state index contributed by atoms with van der Waals surface area (Å²) in [4.78, 5) is 17.7. The molecule has 0 unspecified atom stereocenters. The lowest BCUT2D eigenvalue weighted by atomic mass is 9.84. The van der Waals surface area contributed by atoms with Crippen LogP contribution in [0.5, 0.6) is 0 Å². The first-order chi connectivity index (χ1) is 27.0. The summed E-state index contributed by atoms with van der Waals surface area (Å²) in [6.45, 7) is 17.5. The molecule has 0 spiro atoms. The number of hydrogen-bond donors (Lipinski definition) is 0. The molecule has 4 aromatic rings. The van der Waals surface area contributed by atoms with Gasteiger partial charge in [0.25, 0.3) is 0 Å². The van der Waals surface area contributed by atoms with E-state index in [1.807, 2.05) is 39.8 Å². The van der Waals surface area contributed by atoms with Crippen molar-refractivity contribution in [3.63, 3.8) is 0 Å². The van der Waals surface area contributed by atoms with E-state index in [2.05, 4.69) is 110 Å². The predicted molar refractivity (Wildman–Crippen MR) is 224 cm³/mol. The highest BCUT2D eigenvalue weighted by Gasteiger charge is 2.27. The summed E-state index contributed by atoms with van der Waals surface area (Å²) in [7, 11) is 4.80. The maximum absolute atomic E-state index is 11.4. The van der Waals surface area contributed by atoms with Crippen LogP contribution in [0.25, 0.3) is 0 Å². The van der Waals surface area contributed by atoms with Crippen molar-refractivity contribution < 1.29 is 38.3 Å². The van der Waals surface area contributed by atoms with Gasteiger partial charge in [-0.1, -0.05) is 108 Å². The predicted octanol–water partition coefficient (Wildman–Crippen LogP) is 8.35. The van der Waals surface area contributed by atoms with E-state index in [0.717, 1.165) is 30.8 Å². The van der Waals surface area contributed by atoms with Crippen LogP contribution in [0.15, 0.2) is 118 Å². The lowest BCUT2D eigenvalue weighted by Gasteiger charge is -2.23. The third-order valence-corrected chi connectivity index (χ3v) is 10.8. The summed E-state index contributed by atoms with van der Waals surface area (Å²) < 4.78 is 30.3. The van der Waals surface area contributed by atoms with Crippen molar-refractivity contribution in [2.45, 2.75) is 74.0 Å². The SMILES string of the molecule is CC(C)c1cc(C(C)C)c(C(=O)[O-])c(C(C)C)c1.COCOCCN(CCOCOC)CCOCOC.c1ccc([S+](c2ccccc2)c2ccccc2)cc1. The van der Waals surface area contributed by atoms with Gasteiger partial charge in [0, 0.05) is 46.5 Å². The van der Waals surface area contributed by atoms with E-state index in [-0.39, 0.29) is 22.7 Å². The molecule has 4 aromatic carbocycles. The minimum atomic E-state index is -1.06. The lowest BCUT2D eigenvalue weighted by molar-refractivity contribution is -0.255. The fraction of sp³-hybridized carbons (Fsp3) is 0.457. The van der Waals surface area contributed by atoms with Crippen molar-refractivity contribution in [1.29, 1.82) is 0 Å². The molecule has 0 N–H and O–H groups in total. The smallest absolute Gasteiger partial charge is 0.166 e. The Kier molecular flexibility index (Phi) is 24.9. The van der Waals surface area contributed by atoms with E-state index >= 15 is 0 Å². The van der Waals surface area contributed by atoms with Gasteiger partial charge in [0.1, 0.15) is 20.4 Å². The molecular formula is C46H65NO8S. The molecule has 308 valence electrons. The molecule has 0 atom stereocenters. The van der Waals surface area contributed by atoms with Gasteiger partial charge in [-0.3, -0.25) is 4.90 Å². The molecular weight excluding hydrogens is 727 g/mol. The molecule has 4 rings (SSSR count). The second-order valence-corrected chi connectivity index (χ2v) is 15.9. The maximum atomic E-state index is 11.4. The van der Waals surface area contributed by atoms with Gasteiger partial charge in [-0.15, -0.1) is 0 Å². The molecule has 0 aliphatic rings. The number of carbonyl (C=O) groups excluding carboxylic acids is 1. The Morgan fingerprint density at radius 2 is 0.875 bits per heavy atom. The number of methoxy groups -OCH3 is 3. The van der Waals surface area contributed by atoms with Gasteiger partial charge in [0.2, 0.25) is 0 Å². The Morgan fingerprint density at radius 1 is 0.554 bits per heavy atom. The van der Waals surface area contributed by atoms with Crippen molar-refractivity contribution in [3.8, 4) is 0 Å². The average Bonchev–Trinajstić information content (AvgIpc) is 3.20.